The molecule has 0 radical (unpaired) electrons. The lowest BCUT2D eigenvalue weighted by atomic mass is 10.1. The van der Waals surface area contributed by atoms with Crippen molar-refractivity contribution >= 4 is 34.8 Å². The minimum Gasteiger partial charge on any atom is -0.495 e. The molecule has 0 unspecified atom stereocenters. The highest BCUT2D eigenvalue weighted by molar-refractivity contribution is 6.32. The first-order valence-corrected chi connectivity index (χ1v) is 8.18. The molecule has 2 amide bonds. The lowest BCUT2D eigenvalue weighted by molar-refractivity contribution is -0.120. The number of carbonyl (C=O) groups is 2. The molecule has 6 heteroatoms. The normalized spacial score (nSPS) is 10.3. The van der Waals surface area contributed by atoms with Gasteiger partial charge >= 0.3 is 0 Å². The van der Waals surface area contributed by atoms with Crippen molar-refractivity contribution in [1.82, 2.24) is 0 Å². The third kappa shape index (κ3) is 4.73. The number of benzene rings is 2. The molecule has 2 aromatic carbocycles. The second-order valence-corrected chi connectivity index (χ2v) is 6.20. The van der Waals surface area contributed by atoms with Crippen molar-refractivity contribution in [2.24, 2.45) is 0 Å². The van der Waals surface area contributed by atoms with E-state index >= 15 is 0 Å². The molecule has 0 atom stereocenters. The van der Waals surface area contributed by atoms with Crippen molar-refractivity contribution in [2.45, 2.75) is 20.8 Å². The van der Waals surface area contributed by atoms with Crippen molar-refractivity contribution < 1.29 is 14.3 Å². The fourth-order valence-corrected chi connectivity index (χ4v) is 2.82. The summed E-state index contributed by atoms with van der Waals surface area (Å²) in [5.41, 5.74) is 3.30. The van der Waals surface area contributed by atoms with Crippen LogP contribution in [0.15, 0.2) is 36.4 Å². The van der Waals surface area contributed by atoms with Crippen molar-refractivity contribution in [2.75, 3.05) is 23.9 Å². The van der Waals surface area contributed by atoms with Gasteiger partial charge in [-0.1, -0.05) is 29.3 Å². The Hall–Kier alpha value is -2.53. The molecule has 0 aliphatic carbocycles. The number of aryl methyl sites for hydroxylation is 2. The van der Waals surface area contributed by atoms with Gasteiger partial charge in [0.15, 0.2) is 0 Å². The van der Waals surface area contributed by atoms with Crippen LogP contribution in [0.25, 0.3) is 0 Å². The van der Waals surface area contributed by atoms with Gasteiger partial charge in [-0.2, -0.15) is 0 Å². The molecule has 25 heavy (non-hydrogen) atoms. The number of hydrogen-bond donors (Lipinski definition) is 1. The largest absolute Gasteiger partial charge is 0.495 e. The summed E-state index contributed by atoms with van der Waals surface area (Å²) in [6, 6.07) is 10.7. The van der Waals surface area contributed by atoms with Crippen LogP contribution in [-0.4, -0.2) is 25.5 Å². The molecule has 0 aromatic heterocycles. The number of ether oxygens (including phenoxy) is 1. The smallest absolute Gasteiger partial charge is 0.244 e. The van der Waals surface area contributed by atoms with Gasteiger partial charge < -0.3 is 15.0 Å². The molecule has 0 saturated carbocycles. The molecule has 0 heterocycles. The number of anilines is 2. The second-order valence-electron chi connectivity index (χ2n) is 5.79. The first kappa shape index (κ1) is 18.8. The van der Waals surface area contributed by atoms with E-state index < -0.39 is 0 Å². The third-order valence-corrected chi connectivity index (χ3v) is 4.06. The monoisotopic (exact) mass is 360 g/mol. The average Bonchev–Trinajstić information content (AvgIpc) is 2.53. The molecule has 0 fully saturated rings. The minimum atomic E-state index is -0.309. The molecule has 2 rings (SSSR count). The van der Waals surface area contributed by atoms with E-state index in [0.29, 0.717) is 16.5 Å². The van der Waals surface area contributed by atoms with E-state index in [-0.39, 0.29) is 18.4 Å². The zero-order chi connectivity index (χ0) is 18.6. The summed E-state index contributed by atoms with van der Waals surface area (Å²) in [6.45, 7) is 5.26. The highest BCUT2D eigenvalue weighted by atomic mass is 35.5. The first-order chi connectivity index (χ1) is 11.8. The average molecular weight is 361 g/mol. The van der Waals surface area contributed by atoms with E-state index in [9.17, 15) is 9.59 Å². The maximum absolute atomic E-state index is 12.4. The molecule has 1 N–H and O–H groups in total. The quantitative estimate of drug-likeness (QED) is 0.878. The van der Waals surface area contributed by atoms with Crippen LogP contribution in [0.3, 0.4) is 0 Å². The van der Waals surface area contributed by atoms with E-state index in [0.717, 1.165) is 16.8 Å². The highest BCUT2D eigenvalue weighted by Gasteiger charge is 2.18. The van der Waals surface area contributed by atoms with Crippen LogP contribution in [-0.2, 0) is 9.59 Å². The van der Waals surface area contributed by atoms with Crippen LogP contribution < -0.4 is 15.0 Å². The lowest BCUT2D eigenvalue weighted by Gasteiger charge is -2.23. The maximum atomic E-state index is 12.4. The van der Waals surface area contributed by atoms with Crippen LogP contribution in [0.4, 0.5) is 11.4 Å². The summed E-state index contributed by atoms with van der Waals surface area (Å²) in [4.78, 5) is 25.8. The molecule has 0 saturated heterocycles. The second kappa shape index (κ2) is 8.03. The van der Waals surface area contributed by atoms with Gasteiger partial charge in [-0.25, -0.2) is 0 Å². The SMILES string of the molecule is COc1ccc(NC(=O)CN(C(C)=O)c2ccc(C)cc2C)cc1Cl. The molecule has 0 aliphatic heterocycles. The Kier molecular flexibility index (Phi) is 6.04. The summed E-state index contributed by atoms with van der Waals surface area (Å²) in [6.07, 6.45) is 0. The van der Waals surface area contributed by atoms with Crippen LogP contribution in [0, 0.1) is 13.8 Å². The summed E-state index contributed by atoms with van der Waals surface area (Å²) >= 11 is 6.06. The first-order valence-electron chi connectivity index (χ1n) is 7.80. The minimum absolute atomic E-state index is 0.0805. The predicted octanol–water partition coefficient (Wildman–Crippen LogP) is 3.96. The molecule has 0 spiro atoms. The number of rotatable bonds is 5. The van der Waals surface area contributed by atoms with E-state index in [1.807, 2.05) is 32.0 Å². The Balaban J connectivity index is 2.15. The van der Waals surface area contributed by atoms with Crippen LogP contribution in [0.1, 0.15) is 18.1 Å². The molecule has 0 aliphatic rings. The van der Waals surface area contributed by atoms with E-state index in [1.54, 1.807) is 18.2 Å². The van der Waals surface area contributed by atoms with Gasteiger partial charge in [-0.05, 0) is 43.7 Å². The number of nitrogens with one attached hydrogen (secondary N) is 1. The molecule has 5 nitrogen and oxygen atoms in total. The van der Waals surface area contributed by atoms with Gasteiger partial charge in [0.2, 0.25) is 11.8 Å². The summed E-state index contributed by atoms with van der Waals surface area (Å²) in [5, 5.41) is 3.15. The predicted molar refractivity (Wildman–Crippen MR) is 101 cm³/mol. The van der Waals surface area contributed by atoms with Gasteiger partial charge in [0.1, 0.15) is 12.3 Å². The fraction of sp³-hybridized carbons (Fsp3) is 0.263. The van der Waals surface area contributed by atoms with Gasteiger partial charge in [-0.15, -0.1) is 0 Å². The zero-order valence-corrected chi connectivity index (χ0v) is 15.5. The maximum Gasteiger partial charge on any atom is 0.244 e. The summed E-state index contributed by atoms with van der Waals surface area (Å²) in [7, 11) is 1.52. The Morgan fingerprint density at radius 2 is 1.88 bits per heavy atom. The van der Waals surface area contributed by atoms with Crippen molar-refractivity contribution in [3.63, 3.8) is 0 Å². The number of methoxy groups -OCH3 is 1. The molecule has 0 bridgehead atoms. The van der Waals surface area contributed by atoms with Gasteiger partial charge in [0.05, 0.1) is 12.1 Å². The number of nitrogens with zero attached hydrogens (tertiary/aromatic N) is 1. The van der Waals surface area contributed by atoms with Crippen LogP contribution in [0.2, 0.25) is 5.02 Å². The molecular weight excluding hydrogens is 340 g/mol. The van der Waals surface area contributed by atoms with E-state index in [1.165, 1.54) is 18.9 Å². The lowest BCUT2D eigenvalue weighted by Crippen LogP contribution is -2.37. The number of amides is 2. The number of carbonyl (C=O) groups excluding carboxylic acids is 2. The third-order valence-electron chi connectivity index (χ3n) is 3.76. The van der Waals surface area contributed by atoms with E-state index in [2.05, 4.69) is 5.32 Å². The molecule has 2 aromatic rings. The van der Waals surface area contributed by atoms with Crippen molar-refractivity contribution in [3.8, 4) is 5.75 Å². The van der Waals surface area contributed by atoms with Crippen LogP contribution in [0.5, 0.6) is 5.75 Å². The summed E-state index contributed by atoms with van der Waals surface area (Å²) in [5.74, 6) is 0.0200. The van der Waals surface area contributed by atoms with Gasteiger partial charge in [-0.3, -0.25) is 9.59 Å². The Morgan fingerprint density at radius 1 is 1.16 bits per heavy atom. The van der Waals surface area contributed by atoms with Crippen LogP contribution >= 0.6 is 11.6 Å². The highest BCUT2D eigenvalue weighted by Crippen LogP contribution is 2.27. The number of hydrogen-bond acceptors (Lipinski definition) is 3. The van der Waals surface area contributed by atoms with Gasteiger partial charge in [0, 0.05) is 18.3 Å². The topological polar surface area (TPSA) is 58.6 Å². The Morgan fingerprint density at radius 3 is 2.44 bits per heavy atom. The number of halogens is 1. The van der Waals surface area contributed by atoms with Crippen molar-refractivity contribution in [3.05, 3.63) is 52.5 Å². The summed E-state index contributed by atoms with van der Waals surface area (Å²) < 4.78 is 5.08. The van der Waals surface area contributed by atoms with E-state index in [4.69, 9.17) is 16.3 Å². The fourth-order valence-electron chi connectivity index (χ4n) is 2.56. The Labute approximate surface area is 152 Å². The van der Waals surface area contributed by atoms with Crippen molar-refractivity contribution in [1.29, 1.82) is 0 Å². The molecule has 132 valence electrons. The zero-order valence-electron chi connectivity index (χ0n) is 14.7. The van der Waals surface area contributed by atoms with Gasteiger partial charge in [0.25, 0.3) is 0 Å². The standard InChI is InChI=1S/C19H21ClN2O3/c1-12-5-7-17(13(2)9-12)22(14(3)23)11-19(24)21-15-6-8-18(25-4)16(20)10-15/h5-10H,11H2,1-4H3,(H,21,24). The molecular formula is C19H21ClN2O3. The Bertz CT molecular complexity index is 805.